The average molecular weight is 452 g/mol. The summed E-state index contributed by atoms with van der Waals surface area (Å²) in [6.07, 6.45) is 0. The minimum absolute atomic E-state index is 0.0829. The Kier molecular flexibility index (Phi) is 5.88. The van der Waals surface area contributed by atoms with E-state index in [-0.39, 0.29) is 11.9 Å². The van der Waals surface area contributed by atoms with Crippen LogP contribution in [0, 0.1) is 0 Å². The van der Waals surface area contributed by atoms with Crippen molar-refractivity contribution in [3.63, 3.8) is 0 Å². The molecule has 1 aliphatic heterocycles. The first kappa shape index (κ1) is 21.9. The van der Waals surface area contributed by atoms with E-state index in [1.807, 2.05) is 61.5 Å². The molecule has 1 atom stereocenters. The summed E-state index contributed by atoms with van der Waals surface area (Å²) < 4.78 is 0. The first-order valence-corrected chi connectivity index (χ1v) is 11.7. The highest BCUT2D eigenvalue weighted by Crippen LogP contribution is 2.33. The zero-order chi connectivity index (χ0) is 23.7. The standard InChI is InChI=1S/C28H29N5O/c1-20-19-32(28(34)22-9-5-4-6-10-22)17-18-33(20)27-25-12-8-7-11-24(25)26(29-30-27)21-13-15-23(16-14-21)31(2)3/h4-16,20H,17-19H2,1-3H3. The van der Waals surface area contributed by atoms with Gasteiger partial charge < -0.3 is 14.7 Å². The number of carbonyl (C=O) groups excluding carboxylic acids is 1. The van der Waals surface area contributed by atoms with Gasteiger partial charge in [-0.1, -0.05) is 54.6 Å². The fourth-order valence-corrected chi connectivity index (χ4v) is 4.65. The molecule has 0 N–H and O–H groups in total. The van der Waals surface area contributed by atoms with Crippen molar-refractivity contribution >= 4 is 28.2 Å². The molecule has 0 radical (unpaired) electrons. The molecule has 6 heteroatoms. The van der Waals surface area contributed by atoms with Crippen molar-refractivity contribution in [3.8, 4) is 11.3 Å². The predicted molar refractivity (Wildman–Crippen MR) is 138 cm³/mol. The van der Waals surface area contributed by atoms with Gasteiger partial charge in [0.25, 0.3) is 5.91 Å². The topological polar surface area (TPSA) is 52.6 Å². The number of hydrogen-bond donors (Lipinski definition) is 0. The van der Waals surface area contributed by atoms with Gasteiger partial charge in [-0.25, -0.2) is 0 Å². The van der Waals surface area contributed by atoms with Crippen LogP contribution in [-0.4, -0.2) is 60.8 Å². The van der Waals surface area contributed by atoms with Gasteiger partial charge in [0, 0.05) is 67.4 Å². The molecule has 4 aromatic rings. The monoisotopic (exact) mass is 451 g/mol. The fourth-order valence-electron chi connectivity index (χ4n) is 4.65. The molecular formula is C28H29N5O. The Morgan fingerprint density at radius 3 is 2.21 bits per heavy atom. The molecule has 172 valence electrons. The Bertz CT molecular complexity index is 1300. The van der Waals surface area contributed by atoms with Crippen molar-refractivity contribution in [2.24, 2.45) is 0 Å². The van der Waals surface area contributed by atoms with Crippen molar-refractivity contribution in [1.29, 1.82) is 0 Å². The van der Waals surface area contributed by atoms with Gasteiger partial charge in [-0.05, 0) is 31.2 Å². The molecule has 0 saturated carbocycles. The first-order valence-electron chi connectivity index (χ1n) is 11.7. The predicted octanol–water partition coefficient (Wildman–Crippen LogP) is 4.71. The molecule has 0 spiro atoms. The molecule has 6 nitrogen and oxygen atoms in total. The highest BCUT2D eigenvalue weighted by Gasteiger charge is 2.29. The molecule has 3 aromatic carbocycles. The van der Waals surface area contributed by atoms with Gasteiger partial charge in [0.1, 0.15) is 5.69 Å². The van der Waals surface area contributed by atoms with Crippen LogP contribution in [0.25, 0.3) is 22.0 Å². The lowest BCUT2D eigenvalue weighted by atomic mass is 10.0. The van der Waals surface area contributed by atoms with Crippen LogP contribution in [0.15, 0.2) is 78.9 Å². The summed E-state index contributed by atoms with van der Waals surface area (Å²) in [6.45, 7) is 4.17. The third-order valence-corrected chi connectivity index (χ3v) is 6.53. The van der Waals surface area contributed by atoms with E-state index >= 15 is 0 Å². The van der Waals surface area contributed by atoms with Crippen LogP contribution in [0.2, 0.25) is 0 Å². The van der Waals surface area contributed by atoms with E-state index in [0.717, 1.165) is 45.6 Å². The van der Waals surface area contributed by atoms with Gasteiger partial charge in [0.2, 0.25) is 0 Å². The van der Waals surface area contributed by atoms with Crippen LogP contribution in [0.5, 0.6) is 0 Å². The molecule has 1 fully saturated rings. The number of aromatic nitrogens is 2. The Morgan fingerprint density at radius 1 is 0.853 bits per heavy atom. The number of fused-ring (bicyclic) bond motifs is 1. The SMILES string of the molecule is CC1CN(C(=O)c2ccccc2)CCN1c1nnc(-c2ccc(N(C)C)cc2)c2ccccc12. The maximum atomic E-state index is 12.9. The zero-order valence-electron chi connectivity index (χ0n) is 19.8. The van der Waals surface area contributed by atoms with Crippen LogP contribution in [0.4, 0.5) is 11.5 Å². The number of hydrogen-bond acceptors (Lipinski definition) is 5. The average Bonchev–Trinajstić information content (AvgIpc) is 2.88. The van der Waals surface area contributed by atoms with Crippen LogP contribution in [0.1, 0.15) is 17.3 Å². The third kappa shape index (κ3) is 4.07. The largest absolute Gasteiger partial charge is 0.378 e. The molecule has 2 heterocycles. The van der Waals surface area contributed by atoms with E-state index in [1.54, 1.807) is 0 Å². The fraction of sp³-hybridized carbons (Fsp3) is 0.250. The summed E-state index contributed by atoms with van der Waals surface area (Å²) in [5.41, 5.74) is 3.81. The van der Waals surface area contributed by atoms with Gasteiger partial charge in [-0.3, -0.25) is 4.79 Å². The summed E-state index contributed by atoms with van der Waals surface area (Å²) in [4.78, 5) is 19.2. The lowest BCUT2D eigenvalue weighted by molar-refractivity contribution is 0.0726. The molecule has 0 bridgehead atoms. The number of carbonyl (C=O) groups is 1. The number of benzene rings is 3. The minimum Gasteiger partial charge on any atom is -0.378 e. The summed E-state index contributed by atoms with van der Waals surface area (Å²) >= 11 is 0. The Hall–Kier alpha value is -3.93. The Labute approximate surface area is 200 Å². The summed E-state index contributed by atoms with van der Waals surface area (Å²) in [5.74, 6) is 0.961. The van der Waals surface area contributed by atoms with Crippen molar-refractivity contribution in [3.05, 3.63) is 84.4 Å². The summed E-state index contributed by atoms with van der Waals surface area (Å²) in [7, 11) is 4.07. The normalized spacial score (nSPS) is 16.0. The van der Waals surface area contributed by atoms with Gasteiger partial charge in [0.15, 0.2) is 5.82 Å². The number of amides is 1. The highest BCUT2D eigenvalue weighted by molar-refractivity contribution is 6.00. The number of rotatable bonds is 4. The van der Waals surface area contributed by atoms with Crippen molar-refractivity contribution < 1.29 is 4.79 Å². The molecule has 34 heavy (non-hydrogen) atoms. The van der Waals surface area contributed by atoms with Crippen molar-refractivity contribution in [1.82, 2.24) is 15.1 Å². The van der Waals surface area contributed by atoms with E-state index in [2.05, 4.69) is 58.2 Å². The minimum atomic E-state index is 0.0829. The summed E-state index contributed by atoms with van der Waals surface area (Å²) in [6, 6.07) is 26.4. The Morgan fingerprint density at radius 2 is 1.53 bits per heavy atom. The quantitative estimate of drug-likeness (QED) is 0.450. The van der Waals surface area contributed by atoms with E-state index in [9.17, 15) is 4.79 Å². The molecular weight excluding hydrogens is 422 g/mol. The maximum Gasteiger partial charge on any atom is 0.253 e. The first-order chi connectivity index (χ1) is 16.5. The second-order valence-corrected chi connectivity index (χ2v) is 9.02. The molecule has 1 aromatic heterocycles. The third-order valence-electron chi connectivity index (χ3n) is 6.53. The molecule has 1 saturated heterocycles. The van der Waals surface area contributed by atoms with Crippen molar-refractivity contribution in [2.75, 3.05) is 43.5 Å². The molecule has 1 amide bonds. The molecule has 1 unspecified atom stereocenters. The van der Waals surface area contributed by atoms with Gasteiger partial charge >= 0.3 is 0 Å². The Balaban J connectivity index is 1.44. The van der Waals surface area contributed by atoms with Gasteiger partial charge in [-0.15, -0.1) is 10.2 Å². The maximum absolute atomic E-state index is 12.9. The summed E-state index contributed by atoms with van der Waals surface area (Å²) in [5, 5.41) is 11.5. The number of nitrogens with zero attached hydrogens (tertiary/aromatic N) is 5. The van der Waals surface area contributed by atoms with E-state index in [1.165, 1.54) is 0 Å². The lowest BCUT2D eigenvalue weighted by Crippen LogP contribution is -2.54. The second kappa shape index (κ2) is 9.14. The lowest BCUT2D eigenvalue weighted by Gasteiger charge is -2.40. The van der Waals surface area contributed by atoms with Crippen LogP contribution >= 0.6 is 0 Å². The van der Waals surface area contributed by atoms with Crippen LogP contribution in [-0.2, 0) is 0 Å². The van der Waals surface area contributed by atoms with Gasteiger partial charge in [0.05, 0.1) is 0 Å². The zero-order valence-corrected chi connectivity index (χ0v) is 19.8. The smallest absolute Gasteiger partial charge is 0.253 e. The number of anilines is 2. The van der Waals surface area contributed by atoms with Crippen molar-refractivity contribution in [2.45, 2.75) is 13.0 Å². The molecule has 5 rings (SSSR count). The van der Waals surface area contributed by atoms with Gasteiger partial charge in [-0.2, -0.15) is 0 Å². The number of piperazine rings is 1. The van der Waals surface area contributed by atoms with E-state index < -0.39 is 0 Å². The highest BCUT2D eigenvalue weighted by atomic mass is 16.2. The second-order valence-electron chi connectivity index (χ2n) is 9.02. The van der Waals surface area contributed by atoms with E-state index in [4.69, 9.17) is 5.10 Å². The van der Waals surface area contributed by atoms with E-state index in [0.29, 0.717) is 13.1 Å². The van der Waals surface area contributed by atoms with Crippen LogP contribution in [0.3, 0.4) is 0 Å². The molecule has 1 aliphatic rings. The van der Waals surface area contributed by atoms with Crippen LogP contribution < -0.4 is 9.80 Å². The molecule has 0 aliphatic carbocycles.